The van der Waals surface area contributed by atoms with Crippen LogP contribution in [0.5, 0.6) is 0 Å². The molecule has 0 spiro atoms. The van der Waals surface area contributed by atoms with Crippen LogP contribution in [0, 0.1) is 11.6 Å². The molecule has 20 heavy (non-hydrogen) atoms. The molecule has 0 fully saturated rings. The Labute approximate surface area is 116 Å². The zero-order valence-electron chi connectivity index (χ0n) is 11.1. The minimum absolute atomic E-state index is 0.00854. The van der Waals surface area contributed by atoms with Gasteiger partial charge in [-0.15, -0.1) is 0 Å². The van der Waals surface area contributed by atoms with Gasteiger partial charge in [-0.05, 0) is 24.1 Å². The molecule has 0 aliphatic rings. The van der Waals surface area contributed by atoms with Gasteiger partial charge < -0.3 is 5.32 Å². The lowest BCUT2D eigenvalue weighted by Gasteiger charge is -2.15. The predicted molar refractivity (Wildman–Crippen MR) is 74.5 cm³/mol. The Kier molecular flexibility index (Phi) is 4.45. The van der Waals surface area contributed by atoms with Crippen molar-refractivity contribution in [2.45, 2.75) is 19.3 Å². The van der Waals surface area contributed by atoms with E-state index >= 15 is 0 Å². The summed E-state index contributed by atoms with van der Waals surface area (Å²) in [4.78, 5) is 12.2. The summed E-state index contributed by atoms with van der Waals surface area (Å²) in [6.07, 6.45) is 0.596. The van der Waals surface area contributed by atoms with Crippen molar-refractivity contribution in [2.24, 2.45) is 0 Å². The average Bonchev–Trinajstić information content (AvgIpc) is 2.44. The number of rotatable bonds is 4. The molecule has 0 heterocycles. The van der Waals surface area contributed by atoms with Crippen molar-refractivity contribution < 1.29 is 13.6 Å². The molecule has 1 atom stereocenters. The Morgan fingerprint density at radius 3 is 2.45 bits per heavy atom. The van der Waals surface area contributed by atoms with Crippen molar-refractivity contribution in [2.75, 3.05) is 5.32 Å². The molecule has 1 N–H and O–H groups in total. The van der Waals surface area contributed by atoms with E-state index in [1.165, 1.54) is 6.07 Å². The quantitative estimate of drug-likeness (QED) is 0.894. The van der Waals surface area contributed by atoms with Crippen molar-refractivity contribution in [3.63, 3.8) is 0 Å². The first kappa shape index (κ1) is 14.2. The average molecular weight is 275 g/mol. The number of carbonyl (C=O) groups is 1. The molecular formula is C16H15F2NO. The fourth-order valence-corrected chi connectivity index (χ4v) is 2.07. The van der Waals surface area contributed by atoms with Crippen LogP contribution >= 0.6 is 0 Å². The van der Waals surface area contributed by atoms with E-state index in [0.717, 1.165) is 17.7 Å². The molecule has 0 aliphatic carbocycles. The second-order valence-corrected chi connectivity index (χ2v) is 4.48. The van der Waals surface area contributed by atoms with Crippen LogP contribution in [0.15, 0.2) is 48.5 Å². The molecule has 1 unspecified atom stereocenters. The van der Waals surface area contributed by atoms with Crippen LogP contribution in [0.3, 0.4) is 0 Å². The zero-order chi connectivity index (χ0) is 14.5. The van der Waals surface area contributed by atoms with Gasteiger partial charge in [-0.25, -0.2) is 8.78 Å². The van der Waals surface area contributed by atoms with E-state index in [1.54, 1.807) is 0 Å². The molecule has 2 aromatic rings. The molecule has 0 aliphatic heterocycles. The van der Waals surface area contributed by atoms with E-state index in [4.69, 9.17) is 0 Å². The highest BCUT2D eigenvalue weighted by atomic mass is 19.1. The molecule has 0 bridgehead atoms. The molecule has 2 nitrogen and oxygen atoms in total. The van der Waals surface area contributed by atoms with Gasteiger partial charge in [0.05, 0.1) is 11.6 Å². The normalized spacial score (nSPS) is 11.9. The Balaban J connectivity index is 2.18. The SMILES string of the molecule is CCC(C(=O)Nc1ccc(F)cc1F)c1ccccc1. The smallest absolute Gasteiger partial charge is 0.231 e. The molecule has 4 heteroatoms. The highest BCUT2D eigenvalue weighted by molar-refractivity contribution is 5.95. The monoisotopic (exact) mass is 275 g/mol. The van der Waals surface area contributed by atoms with Crippen LogP contribution in [0.2, 0.25) is 0 Å². The van der Waals surface area contributed by atoms with Crippen molar-refractivity contribution in [1.82, 2.24) is 0 Å². The maximum absolute atomic E-state index is 13.5. The Morgan fingerprint density at radius 2 is 1.85 bits per heavy atom. The van der Waals surface area contributed by atoms with E-state index in [0.29, 0.717) is 6.42 Å². The van der Waals surface area contributed by atoms with Crippen LogP contribution in [0.25, 0.3) is 0 Å². The third kappa shape index (κ3) is 3.20. The number of nitrogens with one attached hydrogen (secondary N) is 1. The molecule has 0 saturated carbocycles. The van der Waals surface area contributed by atoms with Crippen molar-refractivity contribution in [3.05, 3.63) is 65.7 Å². The third-order valence-corrected chi connectivity index (χ3v) is 3.12. The van der Waals surface area contributed by atoms with Crippen LogP contribution in [0.1, 0.15) is 24.8 Å². The minimum Gasteiger partial charge on any atom is -0.323 e. The van der Waals surface area contributed by atoms with E-state index in [9.17, 15) is 13.6 Å². The van der Waals surface area contributed by atoms with Crippen molar-refractivity contribution >= 4 is 11.6 Å². The maximum Gasteiger partial charge on any atom is 0.231 e. The van der Waals surface area contributed by atoms with E-state index < -0.39 is 11.6 Å². The first-order valence-corrected chi connectivity index (χ1v) is 6.42. The van der Waals surface area contributed by atoms with E-state index in [1.807, 2.05) is 37.3 Å². The summed E-state index contributed by atoms with van der Waals surface area (Å²) in [7, 11) is 0. The summed E-state index contributed by atoms with van der Waals surface area (Å²) < 4.78 is 26.3. The Bertz CT molecular complexity index is 599. The summed E-state index contributed by atoms with van der Waals surface area (Å²) in [5.41, 5.74) is 0.862. The lowest BCUT2D eigenvalue weighted by molar-refractivity contribution is -0.117. The number of halogens is 2. The van der Waals surface area contributed by atoms with Gasteiger partial charge in [0.15, 0.2) is 0 Å². The van der Waals surface area contributed by atoms with Gasteiger partial charge in [-0.2, -0.15) is 0 Å². The molecule has 0 radical (unpaired) electrons. The van der Waals surface area contributed by atoms with E-state index in [2.05, 4.69) is 5.32 Å². The summed E-state index contributed by atoms with van der Waals surface area (Å²) in [6.45, 7) is 1.89. The highest BCUT2D eigenvalue weighted by Gasteiger charge is 2.19. The Hall–Kier alpha value is -2.23. The van der Waals surface area contributed by atoms with E-state index in [-0.39, 0.29) is 17.5 Å². The lowest BCUT2D eigenvalue weighted by Crippen LogP contribution is -2.21. The third-order valence-electron chi connectivity index (χ3n) is 3.12. The van der Waals surface area contributed by atoms with Crippen LogP contribution in [-0.4, -0.2) is 5.91 Å². The zero-order valence-corrected chi connectivity index (χ0v) is 11.1. The van der Waals surface area contributed by atoms with Crippen LogP contribution < -0.4 is 5.32 Å². The molecular weight excluding hydrogens is 260 g/mol. The molecule has 104 valence electrons. The number of hydrogen-bond acceptors (Lipinski definition) is 1. The largest absolute Gasteiger partial charge is 0.323 e. The first-order valence-electron chi connectivity index (χ1n) is 6.42. The van der Waals surface area contributed by atoms with Crippen molar-refractivity contribution in [3.8, 4) is 0 Å². The second kappa shape index (κ2) is 6.28. The fraction of sp³-hybridized carbons (Fsp3) is 0.188. The molecule has 0 aromatic heterocycles. The summed E-state index contributed by atoms with van der Waals surface area (Å²) >= 11 is 0. The van der Waals surface area contributed by atoms with Gasteiger partial charge in [0, 0.05) is 6.07 Å². The number of carbonyl (C=O) groups excluding carboxylic acids is 1. The maximum atomic E-state index is 13.5. The van der Waals surface area contributed by atoms with Gasteiger partial charge in [-0.1, -0.05) is 37.3 Å². The molecule has 2 aromatic carbocycles. The van der Waals surface area contributed by atoms with Gasteiger partial charge in [0.2, 0.25) is 5.91 Å². The molecule has 2 rings (SSSR count). The minimum atomic E-state index is -0.777. The van der Waals surface area contributed by atoms with Gasteiger partial charge in [-0.3, -0.25) is 4.79 Å². The number of amides is 1. The summed E-state index contributed by atoms with van der Waals surface area (Å²) in [5.74, 6) is -2.11. The van der Waals surface area contributed by atoms with Gasteiger partial charge in [0.1, 0.15) is 11.6 Å². The molecule has 1 amide bonds. The van der Waals surface area contributed by atoms with Crippen LogP contribution in [-0.2, 0) is 4.79 Å². The first-order chi connectivity index (χ1) is 9.61. The topological polar surface area (TPSA) is 29.1 Å². The Morgan fingerprint density at radius 1 is 1.15 bits per heavy atom. The fourth-order valence-electron chi connectivity index (χ4n) is 2.07. The number of hydrogen-bond donors (Lipinski definition) is 1. The van der Waals surface area contributed by atoms with Gasteiger partial charge in [0.25, 0.3) is 0 Å². The predicted octanol–water partition coefficient (Wildman–Crippen LogP) is 4.10. The van der Waals surface area contributed by atoms with Gasteiger partial charge >= 0.3 is 0 Å². The number of anilines is 1. The summed E-state index contributed by atoms with van der Waals surface area (Å²) in [6, 6.07) is 12.4. The van der Waals surface area contributed by atoms with Crippen molar-refractivity contribution in [1.29, 1.82) is 0 Å². The van der Waals surface area contributed by atoms with Crippen LogP contribution in [0.4, 0.5) is 14.5 Å². The molecule has 0 saturated heterocycles. The number of benzene rings is 2. The highest BCUT2D eigenvalue weighted by Crippen LogP contribution is 2.23. The lowest BCUT2D eigenvalue weighted by atomic mass is 9.95. The summed E-state index contributed by atoms with van der Waals surface area (Å²) in [5, 5.41) is 2.51. The standard InChI is InChI=1S/C16H15F2NO/c1-2-13(11-6-4-3-5-7-11)16(20)19-15-9-8-12(17)10-14(15)18/h3-10,13H,2H2,1H3,(H,19,20). The second-order valence-electron chi connectivity index (χ2n) is 4.48.